The van der Waals surface area contributed by atoms with Gasteiger partial charge in [0.1, 0.15) is 10.7 Å². The van der Waals surface area contributed by atoms with Crippen molar-refractivity contribution in [2.45, 2.75) is 19.8 Å². The molecule has 15 heavy (non-hydrogen) atoms. The summed E-state index contributed by atoms with van der Waals surface area (Å²) in [5.41, 5.74) is 0. The molecule has 0 bridgehead atoms. The number of furan rings is 1. The van der Waals surface area contributed by atoms with Crippen LogP contribution in [-0.4, -0.2) is 17.5 Å². The monoisotopic (exact) mass is 213 g/mol. The van der Waals surface area contributed by atoms with Gasteiger partial charge in [0, 0.05) is 6.42 Å². The standard InChI is InChI=1S/C9H11NO5/c1-2-14-9(11)6-4-7-3-5-8(15-7)10(12)13/h3,5H,2,4,6H2,1H3. The fourth-order valence-electron chi connectivity index (χ4n) is 1.06. The normalized spacial score (nSPS) is 9.93. The lowest BCUT2D eigenvalue weighted by molar-refractivity contribution is -0.402. The third-order valence-corrected chi connectivity index (χ3v) is 1.71. The molecule has 0 saturated carbocycles. The number of carbonyl (C=O) groups excluding carboxylic acids is 1. The fraction of sp³-hybridized carbons (Fsp3) is 0.444. The maximum Gasteiger partial charge on any atom is 0.433 e. The van der Waals surface area contributed by atoms with Gasteiger partial charge < -0.3 is 9.15 Å². The van der Waals surface area contributed by atoms with Crippen molar-refractivity contribution >= 4 is 11.9 Å². The molecular weight excluding hydrogens is 202 g/mol. The summed E-state index contributed by atoms with van der Waals surface area (Å²) in [6.07, 6.45) is 0.477. The molecule has 6 nitrogen and oxygen atoms in total. The highest BCUT2D eigenvalue weighted by molar-refractivity contribution is 5.69. The van der Waals surface area contributed by atoms with Crippen LogP contribution in [0.25, 0.3) is 0 Å². The zero-order valence-electron chi connectivity index (χ0n) is 8.26. The maximum atomic E-state index is 11.0. The number of hydrogen-bond acceptors (Lipinski definition) is 5. The zero-order valence-corrected chi connectivity index (χ0v) is 8.26. The number of carbonyl (C=O) groups is 1. The van der Waals surface area contributed by atoms with E-state index >= 15 is 0 Å². The van der Waals surface area contributed by atoms with Gasteiger partial charge in [-0.3, -0.25) is 14.9 Å². The second kappa shape index (κ2) is 5.14. The molecule has 0 N–H and O–H groups in total. The Morgan fingerprint density at radius 1 is 1.60 bits per heavy atom. The van der Waals surface area contributed by atoms with Gasteiger partial charge in [-0.15, -0.1) is 0 Å². The van der Waals surface area contributed by atoms with Crippen molar-refractivity contribution in [3.05, 3.63) is 28.0 Å². The minimum Gasteiger partial charge on any atom is -0.466 e. The number of hydrogen-bond donors (Lipinski definition) is 0. The van der Waals surface area contributed by atoms with Crippen LogP contribution >= 0.6 is 0 Å². The van der Waals surface area contributed by atoms with Crippen molar-refractivity contribution in [1.29, 1.82) is 0 Å². The summed E-state index contributed by atoms with van der Waals surface area (Å²) in [7, 11) is 0. The van der Waals surface area contributed by atoms with Crippen LogP contribution in [0, 0.1) is 10.1 Å². The lowest BCUT2D eigenvalue weighted by atomic mass is 10.2. The van der Waals surface area contributed by atoms with E-state index in [9.17, 15) is 14.9 Å². The number of nitro groups is 1. The molecular formula is C9H11NO5. The van der Waals surface area contributed by atoms with Crippen molar-refractivity contribution < 1.29 is 18.9 Å². The molecule has 0 saturated heterocycles. The van der Waals surface area contributed by atoms with Gasteiger partial charge in [0.05, 0.1) is 19.1 Å². The number of nitrogens with zero attached hydrogens (tertiary/aromatic N) is 1. The predicted octanol–water partition coefficient (Wildman–Crippen LogP) is 1.68. The highest BCUT2D eigenvalue weighted by atomic mass is 16.6. The third-order valence-electron chi connectivity index (χ3n) is 1.71. The van der Waals surface area contributed by atoms with E-state index in [1.54, 1.807) is 6.92 Å². The summed E-state index contributed by atoms with van der Waals surface area (Å²) in [5, 5.41) is 10.3. The van der Waals surface area contributed by atoms with Gasteiger partial charge in [-0.05, 0) is 13.0 Å². The van der Waals surface area contributed by atoms with Crippen molar-refractivity contribution in [3.63, 3.8) is 0 Å². The molecule has 0 aliphatic heterocycles. The Morgan fingerprint density at radius 2 is 2.33 bits per heavy atom. The van der Waals surface area contributed by atoms with E-state index in [-0.39, 0.29) is 18.3 Å². The Labute approximate surface area is 86.0 Å². The molecule has 0 aliphatic carbocycles. The van der Waals surface area contributed by atoms with Gasteiger partial charge in [-0.2, -0.15) is 0 Å². The molecule has 0 fully saturated rings. The van der Waals surface area contributed by atoms with Gasteiger partial charge in [-0.25, -0.2) is 0 Å². The molecule has 1 rings (SSSR count). The lowest BCUT2D eigenvalue weighted by Crippen LogP contribution is -2.04. The first-order valence-corrected chi connectivity index (χ1v) is 4.52. The minimum atomic E-state index is -0.617. The molecule has 82 valence electrons. The maximum absolute atomic E-state index is 11.0. The first kappa shape index (κ1) is 11.2. The summed E-state index contributed by atoms with van der Waals surface area (Å²) in [6, 6.07) is 2.75. The Hall–Kier alpha value is -1.85. The van der Waals surface area contributed by atoms with Gasteiger partial charge in [0.25, 0.3) is 0 Å². The summed E-state index contributed by atoms with van der Waals surface area (Å²) in [6.45, 7) is 2.05. The van der Waals surface area contributed by atoms with E-state index in [4.69, 9.17) is 9.15 Å². The molecule has 1 heterocycles. The van der Waals surface area contributed by atoms with E-state index in [0.29, 0.717) is 18.8 Å². The van der Waals surface area contributed by atoms with Crippen LogP contribution in [0.5, 0.6) is 0 Å². The number of ether oxygens (including phenoxy) is 1. The SMILES string of the molecule is CCOC(=O)CCc1ccc([N+](=O)[O-])o1. The molecule has 0 atom stereocenters. The summed E-state index contributed by atoms with van der Waals surface area (Å²) in [5.74, 6) is -0.236. The Bertz CT molecular complexity index is 357. The molecule has 0 radical (unpaired) electrons. The second-order valence-corrected chi connectivity index (χ2v) is 2.80. The molecule has 1 aromatic heterocycles. The molecule has 6 heteroatoms. The van der Waals surface area contributed by atoms with Crippen LogP contribution in [0.3, 0.4) is 0 Å². The van der Waals surface area contributed by atoms with Gasteiger partial charge in [0.2, 0.25) is 0 Å². The molecule has 0 amide bonds. The Kier molecular flexibility index (Phi) is 3.84. The summed E-state index contributed by atoms with van der Waals surface area (Å²) in [4.78, 5) is 20.6. The highest BCUT2D eigenvalue weighted by Crippen LogP contribution is 2.16. The molecule has 0 aliphatic rings. The van der Waals surface area contributed by atoms with Crippen LogP contribution in [-0.2, 0) is 16.0 Å². The van der Waals surface area contributed by atoms with Gasteiger partial charge in [0.15, 0.2) is 0 Å². The van der Waals surface area contributed by atoms with Crippen LogP contribution in [0.1, 0.15) is 19.1 Å². The molecule has 0 unspecified atom stereocenters. The van der Waals surface area contributed by atoms with Crippen LogP contribution in [0.4, 0.5) is 5.88 Å². The van der Waals surface area contributed by atoms with E-state index in [1.165, 1.54) is 12.1 Å². The van der Waals surface area contributed by atoms with Gasteiger partial charge in [-0.1, -0.05) is 0 Å². The average molecular weight is 213 g/mol. The largest absolute Gasteiger partial charge is 0.466 e. The highest BCUT2D eigenvalue weighted by Gasteiger charge is 2.12. The van der Waals surface area contributed by atoms with Crippen LogP contribution in [0.15, 0.2) is 16.5 Å². The summed E-state index contributed by atoms with van der Waals surface area (Å²) >= 11 is 0. The van der Waals surface area contributed by atoms with Crippen molar-refractivity contribution in [3.8, 4) is 0 Å². The number of esters is 1. The van der Waals surface area contributed by atoms with Crippen molar-refractivity contribution in [2.24, 2.45) is 0 Å². The quantitative estimate of drug-likeness (QED) is 0.422. The topological polar surface area (TPSA) is 82.6 Å². The minimum absolute atomic E-state index is 0.165. The van der Waals surface area contributed by atoms with E-state index in [0.717, 1.165) is 0 Å². The number of aryl methyl sites for hydroxylation is 1. The Balaban J connectivity index is 2.44. The zero-order chi connectivity index (χ0) is 11.3. The van der Waals surface area contributed by atoms with E-state index < -0.39 is 4.92 Å². The lowest BCUT2D eigenvalue weighted by Gasteiger charge is -1.98. The van der Waals surface area contributed by atoms with Crippen LogP contribution in [0.2, 0.25) is 0 Å². The molecule has 1 aromatic rings. The van der Waals surface area contributed by atoms with E-state index in [1.807, 2.05) is 0 Å². The average Bonchev–Trinajstić information content (AvgIpc) is 2.63. The molecule has 0 spiro atoms. The van der Waals surface area contributed by atoms with Crippen molar-refractivity contribution in [2.75, 3.05) is 6.61 Å². The van der Waals surface area contributed by atoms with Crippen molar-refractivity contribution in [1.82, 2.24) is 0 Å². The summed E-state index contributed by atoms with van der Waals surface area (Å²) < 4.78 is 9.57. The first-order chi connectivity index (χ1) is 7.13. The fourth-order valence-corrected chi connectivity index (χ4v) is 1.06. The van der Waals surface area contributed by atoms with Gasteiger partial charge >= 0.3 is 11.9 Å². The smallest absolute Gasteiger partial charge is 0.433 e. The van der Waals surface area contributed by atoms with Crippen LogP contribution < -0.4 is 0 Å². The predicted molar refractivity (Wildman–Crippen MR) is 50.3 cm³/mol. The molecule has 0 aromatic carbocycles. The second-order valence-electron chi connectivity index (χ2n) is 2.80. The van der Waals surface area contributed by atoms with E-state index in [2.05, 4.69) is 0 Å². The first-order valence-electron chi connectivity index (χ1n) is 4.52. The third kappa shape index (κ3) is 3.41. The Morgan fingerprint density at radius 3 is 2.87 bits per heavy atom. The number of rotatable bonds is 5.